The molecule has 1 aliphatic heterocycles. The number of hydrogen-bond acceptors (Lipinski definition) is 6. The Morgan fingerprint density at radius 1 is 1.12 bits per heavy atom. The number of aromatic nitrogens is 2. The summed E-state index contributed by atoms with van der Waals surface area (Å²) < 4.78 is 5.10. The summed E-state index contributed by atoms with van der Waals surface area (Å²) in [5.41, 5.74) is 3.57. The number of ether oxygens (including phenoxy) is 1. The van der Waals surface area contributed by atoms with Gasteiger partial charge in [-0.05, 0) is 30.3 Å². The normalized spacial score (nSPS) is 14.8. The van der Waals surface area contributed by atoms with Gasteiger partial charge in [-0.1, -0.05) is 0 Å². The van der Waals surface area contributed by atoms with E-state index in [9.17, 15) is 10.2 Å². The van der Waals surface area contributed by atoms with Crippen LogP contribution < -0.4 is 15.0 Å². The van der Waals surface area contributed by atoms with Crippen molar-refractivity contribution in [3.63, 3.8) is 0 Å². The van der Waals surface area contributed by atoms with Gasteiger partial charge in [0.15, 0.2) is 11.5 Å². The molecule has 0 bridgehead atoms. The first kappa shape index (κ1) is 15.6. The fraction of sp³-hybridized carbons (Fsp3) is 0.278. The highest BCUT2D eigenvalue weighted by atomic mass is 16.5. The van der Waals surface area contributed by atoms with Gasteiger partial charge in [-0.3, -0.25) is 0 Å². The van der Waals surface area contributed by atoms with Crippen molar-refractivity contribution in [3.8, 4) is 28.6 Å². The highest BCUT2D eigenvalue weighted by Gasteiger charge is 2.15. The lowest BCUT2D eigenvalue weighted by Gasteiger charge is -2.29. The molecular formula is C18H20N4O3. The van der Waals surface area contributed by atoms with Crippen molar-refractivity contribution in [2.45, 2.75) is 0 Å². The average Bonchev–Trinajstić information content (AvgIpc) is 3.08. The summed E-state index contributed by atoms with van der Waals surface area (Å²) in [5, 5.41) is 23.0. The molecule has 3 aromatic rings. The quantitative estimate of drug-likeness (QED) is 0.545. The minimum absolute atomic E-state index is 0.206. The van der Waals surface area contributed by atoms with Crippen molar-refractivity contribution in [1.29, 1.82) is 0 Å². The first-order valence-electron chi connectivity index (χ1n) is 8.21. The molecule has 2 heterocycles. The molecule has 0 unspecified atom stereocenters. The van der Waals surface area contributed by atoms with Gasteiger partial charge >= 0.3 is 0 Å². The maximum absolute atomic E-state index is 9.88. The third-order valence-electron chi connectivity index (χ3n) is 4.50. The second kappa shape index (κ2) is 6.18. The van der Waals surface area contributed by atoms with Gasteiger partial charge < -0.3 is 30.2 Å². The number of rotatable bonds is 3. The number of aromatic hydroxyl groups is 2. The third kappa shape index (κ3) is 2.83. The lowest BCUT2D eigenvalue weighted by Crippen LogP contribution is -2.43. The molecule has 1 aromatic heterocycles. The minimum Gasteiger partial charge on any atom is -0.504 e. The largest absolute Gasteiger partial charge is 0.504 e. The van der Waals surface area contributed by atoms with E-state index in [-0.39, 0.29) is 17.2 Å². The Morgan fingerprint density at radius 2 is 1.92 bits per heavy atom. The van der Waals surface area contributed by atoms with Gasteiger partial charge in [0.2, 0.25) is 5.75 Å². The Balaban J connectivity index is 1.73. The van der Waals surface area contributed by atoms with Gasteiger partial charge in [-0.2, -0.15) is 0 Å². The second-order valence-corrected chi connectivity index (χ2v) is 6.07. The van der Waals surface area contributed by atoms with Crippen LogP contribution >= 0.6 is 0 Å². The van der Waals surface area contributed by atoms with Crippen LogP contribution in [0.4, 0.5) is 5.69 Å². The molecule has 0 atom stereocenters. The van der Waals surface area contributed by atoms with E-state index in [0.717, 1.165) is 42.9 Å². The molecule has 130 valence electrons. The first-order valence-corrected chi connectivity index (χ1v) is 8.21. The number of piperazine rings is 1. The molecule has 7 nitrogen and oxygen atoms in total. The van der Waals surface area contributed by atoms with Gasteiger partial charge in [-0.15, -0.1) is 0 Å². The van der Waals surface area contributed by atoms with Crippen LogP contribution in [0.25, 0.3) is 22.4 Å². The molecule has 4 rings (SSSR count). The molecule has 2 aromatic carbocycles. The number of benzene rings is 2. The van der Waals surface area contributed by atoms with E-state index in [2.05, 4.69) is 32.3 Å². The molecule has 0 radical (unpaired) electrons. The zero-order valence-corrected chi connectivity index (χ0v) is 13.9. The molecule has 0 spiro atoms. The van der Waals surface area contributed by atoms with Gasteiger partial charge in [0.1, 0.15) is 5.82 Å². The summed E-state index contributed by atoms with van der Waals surface area (Å²) in [7, 11) is 1.44. The van der Waals surface area contributed by atoms with E-state index in [1.807, 2.05) is 6.07 Å². The van der Waals surface area contributed by atoms with Crippen LogP contribution in [0.5, 0.6) is 17.2 Å². The fourth-order valence-electron chi connectivity index (χ4n) is 3.14. The number of hydrogen-bond donors (Lipinski definition) is 4. The number of phenols is 2. The van der Waals surface area contributed by atoms with Crippen LogP contribution in [-0.4, -0.2) is 53.5 Å². The van der Waals surface area contributed by atoms with Crippen molar-refractivity contribution in [2.24, 2.45) is 0 Å². The summed E-state index contributed by atoms with van der Waals surface area (Å²) in [6.07, 6.45) is 0. The highest BCUT2D eigenvalue weighted by molar-refractivity contribution is 5.83. The van der Waals surface area contributed by atoms with Crippen molar-refractivity contribution in [1.82, 2.24) is 15.3 Å². The predicted octanol–water partition coefficient (Wildman–Crippen LogP) is 2.06. The average molecular weight is 340 g/mol. The summed E-state index contributed by atoms with van der Waals surface area (Å²) >= 11 is 0. The van der Waals surface area contributed by atoms with Crippen molar-refractivity contribution < 1.29 is 14.9 Å². The van der Waals surface area contributed by atoms with Crippen molar-refractivity contribution >= 4 is 16.7 Å². The SMILES string of the molecule is COc1cc(-c2nc3cc(N4CCNCC4)ccc3[nH]2)cc(O)c1O. The number of fused-ring (bicyclic) bond motifs is 1. The van der Waals surface area contributed by atoms with Crippen molar-refractivity contribution in [2.75, 3.05) is 38.2 Å². The van der Waals surface area contributed by atoms with E-state index < -0.39 is 0 Å². The summed E-state index contributed by atoms with van der Waals surface area (Å²) in [6, 6.07) is 9.28. The molecule has 1 saturated heterocycles. The molecule has 25 heavy (non-hydrogen) atoms. The Labute approximate surface area is 144 Å². The fourth-order valence-corrected chi connectivity index (χ4v) is 3.14. The van der Waals surface area contributed by atoms with Gasteiger partial charge in [-0.25, -0.2) is 4.98 Å². The van der Waals surface area contributed by atoms with Gasteiger partial charge in [0.25, 0.3) is 0 Å². The Bertz CT molecular complexity index is 916. The molecule has 7 heteroatoms. The number of imidazole rings is 1. The lowest BCUT2D eigenvalue weighted by atomic mass is 10.1. The number of methoxy groups -OCH3 is 1. The standard InChI is InChI=1S/C18H20N4O3/c1-25-16-9-11(8-15(23)17(16)24)18-20-13-3-2-12(10-14(13)21-18)22-6-4-19-5-7-22/h2-3,8-10,19,23-24H,4-7H2,1H3,(H,20,21). The van der Waals surface area contributed by atoms with Crippen LogP contribution in [0.3, 0.4) is 0 Å². The molecule has 1 fully saturated rings. The topological polar surface area (TPSA) is 93.6 Å². The first-order chi connectivity index (χ1) is 12.2. The molecular weight excluding hydrogens is 320 g/mol. The summed E-state index contributed by atoms with van der Waals surface area (Å²) in [4.78, 5) is 10.2. The Kier molecular flexibility index (Phi) is 3.85. The maximum atomic E-state index is 9.88. The predicted molar refractivity (Wildman–Crippen MR) is 96.5 cm³/mol. The van der Waals surface area contributed by atoms with Crippen LogP contribution in [0.15, 0.2) is 30.3 Å². The van der Waals surface area contributed by atoms with Gasteiger partial charge in [0, 0.05) is 37.4 Å². The van der Waals surface area contributed by atoms with Crippen LogP contribution in [-0.2, 0) is 0 Å². The zero-order chi connectivity index (χ0) is 17.4. The van der Waals surface area contributed by atoms with E-state index in [4.69, 9.17) is 4.74 Å². The molecule has 0 aliphatic carbocycles. The number of nitrogens with zero attached hydrogens (tertiary/aromatic N) is 2. The summed E-state index contributed by atoms with van der Waals surface area (Å²) in [6.45, 7) is 3.92. The van der Waals surface area contributed by atoms with Crippen LogP contribution in [0.2, 0.25) is 0 Å². The number of aromatic amines is 1. The van der Waals surface area contributed by atoms with Gasteiger partial charge in [0.05, 0.1) is 18.1 Å². The lowest BCUT2D eigenvalue weighted by molar-refractivity contribution is 0.351. The highest BCUT2D eigenvalue weighted by Crippen LogP contribution is 2.39. The molecule has 4 N–H and O–H groups in total. The second-order valence-electron chi connectivity index (χ2n) is 6.07. The Morgan fingerprint density at radius 3 is 2.68 bits per heavy atom. The van der Waals surface area contributed by atoms with E-state index in [0.29, 0.717) is 11.4 Å². The number of anilines is 1. The number of H-pyrrole nitrogens is 1. The van der Waals surface area contributed by atoms with Crippen molar-refractivity contribution in [3.05, 3.63) is 30.3 Å². The number of phenolic OH excluding ortho intramolecular Hbond substituents is 2. The Hall–Kier alpha value is -2.93. The monoisotopic (exact) mass is 340 g/mol. The van der Waals surface area contributed by atoms with E-state index in [1.54, 1.807) is 6.07 Å². The van der Waals surface area contributed by atoms with E-state index >= 15 is 0 Å². The van der Waals surface area contributed by atoms with Crippen LogP contribution in [0.1, 0.15) is 0 Å². The molecule has 1 aliphatic rings. The maximum Gasteiger partial charge on any atom is 0.200 e. The molecule has 0 amide bonds. The zero-order valence-electron chi connectivity index (χ0n) is 13.9. The minimum atomic E-state index is -0.275. The van der Waals surface area contributed by atoms with E-state index in [1.165, 1.54) is 13.2 Å². The smallest absolute Gasteiger partial charge is 0.200 e. The van der Waals surface area contributed by atoms with Crippen LogP contribution in [0, 0.1) is 0 Å². The third-order valence-corrected chi connectivity index (χ3v) is 4.50. The number of nitrogens with one attached hydrogen (secondary N) is 2. The summed E-state index contributed by atoms with van der Waals surface area (Å²) in [5.74, 6) is 0.303. The molecule has 0 saturated carbocycles.